The van der Waals surface area contributed by atoms with Gasteiger partial charge in [-0.25, -0.2) is 9.59 Å². The predicted octanol–water partition coefficient (Wildman–Crippen LogP) is 5.03. The number of benzene rings is 2. The molecule has 0 saturated heterocycles. The number of nitrogens with zero attached hydrogens (tertiary/aromatic N) is 1. The molecule has 9 heteroatoms. The number of nitrogens with one attached hydrogen (secondary N) is 2. The summed E-state index contributed by atoms with van der Waals surface area (Å²) in [7, 11) is 1.28. The minimum Gasteiger partial charge on any atom is -0.453 e. The van der Waals surface area contributed by atoms with Crippen LogP contribution in [-0.2, 0) is 16.1 Å². The van der Waals surface area contributed by atoms with Crippen molar-refractivity contribution in [3.8, 4) is 11.3 Å². The van der Waals surface area contributed by atoms with Crippen molar-refractivity contribution in [2.75, 3.05) is 17.7 Å². The number of methoxy groups -OCH3 is 1. The summed E-state index contributed by atoms with van der Waals surface area (Å²) in [4.78, 5) is 23.1. The van der Waals surface area contributed by atoms with Crippen LogP contribution in [0.2, 0.25) is 0 Å². The first-order chi connectivity index (χ1) is 13.5. The molecule has 0 bridgehead atoms. The molecular formula is C19H16BrN3O5. The summed E-state index contributed by atoms with van der Waals surface area (Å²) < 4.78 is 15.8. The van der Waals surface area contributed by atoms with Crippen LogP contribution in [0.15, 0.2) is 63.6 Å². The van der Waals surface area contributed by atoms with Gasteiger partial charge in [0.05, 0.1) is 7.11 Å². The maximum atomic E-state index is 11.9. The number of carbonyl (C=O) groups is 2. The highest BCUT2D eigenvalue weighted by atomic mass is 79.9. The third-order valence-electron chi connectivity index (χ3n) is 3.59. The molecule has 144 valence electrons. The molecule has 1 aromatic heterocycles. The number of ether oxygens (including phenoxy) is 2. The van der Waals surface area contributed by atoms with E-state index in [0.29, 0.717) is 22.8 Å². The van der Waals surface area contributed by atoms with Crippen LogP contribution in [0.1, 0.15) is 5.76 Å². The van der Waals surface area contributed by atoms with Gasteiger partial charge in [-0.1, -0.05) is 33.2 Å². The van der Waals surface area contributed by atoms with Gasteiger partial charge in [0, 0.05) is 27.5 Å². The minimum atomic E-state index is -0.644. The van der Waals surface area contributed by atoms with Crippen molar-refractivity contribution in [1.82, 2.24) is 5.16 Å². The fourth-order valence-electron chi connectivity index (χ4n) is 2.26. The minimum absolute atomic E-state index is 0.0607. The normalized spacial score (nSPS) is 10.2. The molecule has 0 radical (unpaired) electrons. The number of aromatic nitrogens is 1. The van der Waals surface area contributed by atoms with Gasteiger partial charge in [-0.15, -0.1) is 0 Å². The molecule has 2 N–H and O–H groups in total. The number of rotatable bonds is 5. The molecule has 2 aromatic carbocycles. The average Bonchev–Trinajstić information content (AvgIpc) is 3.17. The molecule has 2 amide bonds. The predicted molar refractivity (Wildman–Crippen MR) is 106 cm³/mol. The summed E-state index contributed by atoms with van der Waals surface area (Å²) in [5.41, 5.74) is 2.57. The maximum Gasteiger partial charge on any atom is 0.412 e. The lowest BCUT2D eigenvalue weighted by Crippen LogP contribution is -2.14. The molecule has 1 heterocycles. The first-order valence-electron chi connectivity index (χ1n) is 8.14. The largest absolute Gasteiger partial charge is 0.453 e. The van der Waals surface area contributed by atoms with Crippen molar-refractivity contribution in [3.05, 3.63) is 64.8 Å². The molecule has 28 heavy (non-hydrogen) atoms. The molecule has 0 aliphatic heterocycles. The van der Waals surface area contributed by atoms with E-state index in [4.69, 9.17) is 9.26 Å². The van der Waals surface area contributed by atoms with Gasteiger partial charge in [-0.05, 0) is 36.4 Å². The van der Waals surface area contributed by atoms with E-state index in [2.05, 4.69) is 36.5 Å². The van der Waals surface area contributed by atoms with Gasteiger partial charge >= 0.3 is 12.2 Å². The lowest BCUT2D eigenvalue weighted by molar-refractivity contribution is 0.142. The lowest BCUT2D eigenvalue weighted by Gasteiger charge is -2.07. The molecule has 0 aliphatic carbocycles. The SMILES string of the molecule is COC(=O)Nc1ccc(NC(=O)OCc2cc(-c3cccc(Br)c3)no2)cc1. The lowest BCUT2D eigenvalue weighted by atomic mass is 10.1. The fourth-order valence-corrected chi connectivity index (χ4v) is 2.66. The Labute approximate surface area is 168 Å². The Kier molecular flexibility index (Phi) is 6.28. The molecule has 8 nitrogen and oxygen atoms in total. The Morgan fingerprint density at radius 2 is 1.71 bits per heavy atom. The van der Waals surface area contributed by atoms with E-state index in [1.807, 2.05) is 24.3 Å². The molecule has 3 rings (SSSR count). The van der Waals surface area contributed by atoms with Gasteiger partial charge in [0.25, 0.3) is 0 Å². The summed E-state index contributed by atoms with van der Waals surface area (Å²) in [6.07, 6.45) is -1.22. The van der Waals surface area contributed by atoms with Crippen molar-refractivity contribution < 1.29 is 23.6 Å². The van der Waals surface area contributed by atoms with E-state index in [1.165, 1.54) is 7.11 Å². The monoisotopic (exact) mass is 445 g/mol. The second-order valence-corrected chi connectivity index (χ2v) is 6.50. The van der Waals surface area contributed by atoms with Crippen molar-refractivity contribution in [2.45, 2.75) is 6.61 Å². The van der Waals surface area contributed by atoms with E-state index in [1.54, 1.807) is 30.3 Å². The van der Waals surface area contributed by atoms with Gasteiger partial charge in [0.1, 0.15) is 5.69 Å². The Morgan fingerprint density at radius 1 is 1.04 bits per heavy atom. The zero-order valence-corrected chi connectivity index (χ0v) is 16.4. The number of halogens is 1. The second-order valence-electron chi connectivity index (χ2n) is 5.58. The molecule has 0 unspecified atom stereocenters. The molecule has 0 aliphatic rings. The topological polar surface area (TPSA) is 103 Å². The Bertz CT molecular complexity index is 972. The van der Waals surface area contributed by atoms with Crippen LogP contribution in [0.25, 0.3) is 11.3 Å². The van der Waals surface area contributed by atoms with Gasteiger partial charge in [-0.3, -0.25) is 10.6 Å². The Hall–Kier alpha value is -3.33. The van der Waals surface area contributed by atoms with Crippen molar-refractivity contribution in [2.24, 2.45) is 0 Å². The van der Waals surface area contributed by atoms with Crippen molar-refractivity contribution >= 4 is 39.5 Å². The first kappa shape index (κ1) is 19.4. The van der Waals surface area contributed by atoms with Crippen molar-refractivity contribution in [1.29, 1.82) is 0 Å². The fraction of sp³-hybridized carbons (Fsp3) is 0.105. The van der Waals surface area contributed by atoms with Crippen LogP contribution in [-0.4, -0.2) is 24.5 Å². The van der Waals surface area contributed by atoms with Gasteiger partial charge in [0.2, 0.25) is 0 Å². The van der Waals surface area contributed by atoms with Gasteiger partial charge in [0.15, 0.2) is 12.4 Å². The van der Waals surface area contributed by atoms with Gasteiger partial charge in [-0.2, -0.15) is 0 Å². The van der Waals surface area contributed by atoms with E-state index < -0.39 is 12.2 Å². The van der Waals surface area contributed by atoms with Crippen LogP contribution in [0.4, 0.5) is 21.0 Å². The van der Waals surface area contributed by atoms with Crippen LogP contribution in [0.5, 0.6) is 0 Å². The standard InChI is InChI=1S/C19H16BrN3O5/c1-26-18(24)21-14-5-7-15(8-6-14)22-19(25)27-11-16-10-17(23-28-16)12-3-2-4-13(20)9-12/h2-10H,11H2,1H3,(H,21,24)(H,22,25). The van der Waals surface area contributed by atoms with Crippen LogP contribution < -0.4 is 10.6 Å². The number of hydrogen-bond donors (Lipinski definition) is 2. The summed E-state index contributed by atoms with van der Waals surface area (Å²) in [5.74, 6) is 0.419. The number of carbonyl (C=O) groups excluding carboxylic acids is 2. The van der Waals surface area contributed by atoms with Crippen LogP contribution in [0.3, 0.4) is 0 Å². The summed E-state index contributed by atoms with van der Waals surface area (Å²) >= 11 is 3.40. The van der Waals surface area contributed by atoms with Crippen molar-refractivity contribution in [3.63, 3.8) is 0 Å². The smallest absolute Gasteiger partial charge is 0.412 e. The molecule has 3 aromatic rings. The number of hydrogen-bond acceptors (Lipinski definition) is 6. The maximum absolute atomic E-state index is 11.9. The highest BCUT2D eigenvalue weighted by Gasteiger charge is 2.10. The number of anilines is 2. The van der Waals surface area contributed by atoms with E-state index in [0.717, 1.165) is 10.0 Å². The molecule has 0 atom stereocenters. The highest BCUT2D eigenvalue weighted by Crippen LogP contribution is 2.23. The van der Waals surface area contributed by atoms with Crippen LogP contribution >= 0.6 is 15.9 Å². The zero-order chi connectivity index (χ0) is 19.9. The molecular weight excluding hydrogens is 430 g/mol. The molecule has 0 spiro atoms. The highest BCUT2D eigenvalue weighted by molar-refractivity contribution is 9.10. The second kappa shape index (κ2) is 9.05. The molecule has 0 saturated carbocycles. The Morgan fingerprint density at radius 3 is 2.36 bits per heavy atom. The van der Waals surface area contributed by atoms with E-state index >= 15 is 0 Å². The Balaban J connectivity index is 1.51. The number of amides is 2. The van der Waals surface area contributed by atoms with Gasteiger partial charge < -0.3 is 14.0 Å². The van der Waals surface area contributed by atoms with E-state index in [9.17, 15) is 9.59 Å². The average molecular weight is 446 g/mol. The summed E-state index contributed by atoms with van der Waals surface area (Å²) in [6.45, 7) is -0.0607. The third kappa shape index (κ3) is 5.34. The van der Waals surface area contributed by atoms with Crippen LogP contribution in [0, 0.1) is 0 Å². The quantitative estimate of drug-likeness (QED) is 0.570. The summed E-state index contributed by atoms with van der Waals surface area (Å²) in [6, 6.07) is 15.8. The summed E-state index contributed by atoms with van der Waals surface area (Å²) in [5, 5.41) is 9.07. The zero-order valence-electron chi connectivity index (χ0n) is 14.8. The van der Waals surface area contributed by atoms with E-state index in [-0.39, 0.29) is 6.61 Å². The third-order valence-corrected chi connectivity index (χ3v) is 4.08. The molecule has 0 fully saturated rings. The first-order valence-corrected chi connectivity index (χ1v) is 8.93.